The van der Waals surface area contributed by atoms with Crippen LogP contribution in [-0.2, 0) is 11.3 Å². The van der Waals surface area contributed by atoms with E-state index in [9.17, 15) is 4.79 Å². The average Bonchev–Trinajstić information content (AvgIpc) is 3.12. The number of carbonyl (C=O) groups excluding carboxylic acids is 1. The van der Waals surface area contributed by atoms with Crippen molar-refractivity contribution in [2.45, 2.75) is 26.8 Å². The van der Waals surface area contributed by atoms with E-state index in [1.807, 2.05) is 11.8 Å². The first-order valence-corrected chi connectivity index (χ1v) is 6.85. The van der Waals surface area contributed by atoms with Crippen LogP contribution in [-0.4, -0.2) is 28.9 Å². The van der Waals surface area contributed by atoms with Crippen LogP contribution >= 0.6 is 0 Å². The second-order valence-electron chi connectivity index (χ2n) is 5.88. The van der Waals surface area contributed by atoms with E-state index in [1.54, 1.807) is 6.20 Å². The molecule has 1 aromatic heterocycles. The fourth-order valence-electron chi connectivity index (χ4n) is 2.81. The zero-order chi connectivity index (χ0) is 14.3. The van der Waals surface area contributed by atoms with Crippen LogP contribution in [0.15, 0.2) is 12.4 Å². The highest BCUT2D eigenvalue weighted by Crippen LogP contribution is 2.53. The van der Waals surface area contributed by atoms with Gasteiger partial charge in [-0.3, -0.25) is 9.78 Å². The molecule has 0 N–H and O–H groups in total. The molecule has 1 saturated carbocycles. The second kappa shape index (κ2) is 4.48. The van der Waals surface area contributed by atoms with Gasteiger partial charge in [0, 0.05) is 23.4 Å². The lowest BCUT2D eigenvalue weighted by atomic mass is 10.0. The highest BCUT2D eigenvalue weighted by atomic mass is 16.5. The smallest absolute Gasteiger partial charge is 0.229 e. The Labute approximate surface area is 118 Å². The van der Waals surface area contributed by atoms with Crippen LogP contribution in [0.2, 0.25) is 0 Å². The quantitative estimate of drug-likeness (QED) is 0.780. The molecule has 0 bridgehead atoms. The van der Waals surface area contributed by atoms with Crippen molar-refractivity contribution in [1.82, 2.24) is 9.88 Å². The summed E-state index contributed by atoms with van der Waals surface area (Å²) < 4.78 is 5.65. The number of hydrogen-bond donors (Lipinski definition) is 0. The zero-order valence-electron chi connectivity index (χ0n) is 11.7. The van der Waals surface area contributed by atoms with Crippen LogP contribution in [0.3, 0.4) is 0 Å². The maximum atomic E-state index is 12.6. The number of nitrogens with zero attached hydrogens (tertiary/aromatic N) is 3. The molecular weight excluding hydrogens is 254 g/mol. The van der Waals surface area contributed by atoms with Crippen LogP contribution < -0.4 is 4.74 Å². The van der Waals surface area contributed by atoms with E-state index in [-0.39, 0.29) is 11.3 Å². The summed E-state index contributed by atoms with van der Waals surface area (Å²) in [7, 11) is 0. The fraction of sp³-hybridized carbons (Fsp3) is 0.533. The molecule has 3 rings (SSSR count). The Kier molecular flexibility index (Phi) is 2.89. The first-order chi connectivity index (χ1) is 9.56. The monoisotopic (exact) mass is 271 g/mol. The number of hydrogen-bond acceptors (Lipinski definition) is 4. The van der Waals surface area contributed by atoms with Crippen molar-refractivity contribution in [3.8, 4) is 11.8 Å². The van der Waals surface area contributed by atoms with Gasteiger partial charge in [-0.05, 0) is 12.3 Å². The van der Waals surface area contributed by atoms with Gasteiger partial charge in [-0.1, -0.05) is 13.8 Å². The van der Waals surface area contributed by atoms with Gasteiger partial charge in [0.2, 0.25) is 5.91 Å². The minimum absolute atomic E-state index is 0.184. The molecule has 0 aromatic carbocycles. The number of nitriles is 1. The number of rotatable bonds is 1. The van der Waals surface area contributed by atoms with Gasteiger partial charge >= 0.3 is 0 Å². The topological polar surface area (TPSA) is 66.2 Å². The molecule has 2 atom stereocenters. The lowest BCUT2D eigenvalue weighted by molar-refractivity contribution is -0.137. The molecule has 1 aromatic rings. The molecule has 1 amide bonds. The van der Waals surface area contributed by atoms with E-state index < -0.39 is 0 Å². The van der Waals surface area contributed by atoms with Crippen molar-refractivity contribution < 1.29 is 9.53 Å². The van der Waals surface area contributed by atoms with Crippen molar-refractivity contribution in [1.29, 1.82) is 5.26 Å². The van der Waals surface area contributed by atoms with Gasteiger partial charge in [0.25, 0.3) is 0 Å². The highest BCUT2D eigenvalue weighted by molar-refractivity contribution is 5.85. The third-order valence-electron chi connectivity index (χ3n) is 4.49. The van der Waals surface area contributed by atoms with Crippen LogP contribution in [0.5, 0.6) is 5.75 Å². The summed E-state index contributed by atoms with van der Waals surface area (Å²) >= 11 is 0. The van der Waals surface area contributed by atoms with E-state index in [1.165, 1.54) is 6.20 Å². The molecule has 0 unspecified atom stereocenters. The van der Waals surface area contributed by atoms with E-state index in [4.69, 9.17) is 10.00 Å². The Morgan fingerprint density at radius 1 is 1.60 bits per heavy atom. The maximum Gasteiger partial charge on any atom is 0.229 e. The summed E-state index contributed by atoms with van der Waals surface area (Å²) in [5.41, 5.74) is 1.03. The molecule has 2 aliphatic rings. The Bertz CT molecular complexity index is 608. The third kappa shape index (κ3) is 1.92. The van der Waals surface area contributed by atoms with Crippen molar-refractivity contribution >= 4 is 5.91 Å². The predicted octanol–water partition coefficient (Wildman–Crippen LogP) is 1.72. The van der Waals surface area contributed by atoms with Gasteiger partial charge < -0.3 is 9.64 Å². The molecule has 20 heavy (non-hydrogen) atoms. The molecule has 1 fully saturated rings. The zero-order valence-corrected chi connectivity index (χ0v) is 11.7. The number of fused-ring (bicyclic) bond motifs is 1. The van der Waals surface area contributed by atoms with Crippen LogP contribution in [0.1, 0.15) is 31.4 Å². The molecule has 5 nitrogen and oxygen atoms in total. The van der Waals surface area contributed by atoms with E-state index in [0.29, 0.717) is 36.9 Å². The molecule has 0 spiro atoms. The number of aromatic nitrogens is 1. The Morgan fingerprint density at radius 3 is 3.00 bits per heavy atom. The summed E-state index contributed by atoms with van der Waals surface area (Å²) in [6.07, 6.45) is 4.13. The fourth-order valence-corrected chi connectivity index (χ4v) is 2.81. The SMILES string of the molecule is C[C@@H]1C[C@]1(C)C(=O)N1CCOc2c(C#N)cncc2C1. The standard InChI is InChI=1S/C15H17N3O2/c1-10-5-15(10,2)14(19)18-3-4-20-13-11(6-16)7-17-8-12(13)9-18/h7-8,10H,3-5,9H2,1-2H3/t10-,15+/m1/s1. The molecule has 0 radical (unpaired) electrons. The first-order valence-electron chi connectivity index (χ1n) is 6.85. The van der Waals surface area contributed by atoms with Crippen LogP contribution in [0, 0.1) is 22.7 Å². The van der Waals surface area contributed by atoms with Crippen LogP contribution in [0.25, 0.3) is 0 Å². The van der Waals surface area contributed by atoms with Crippen molar-refractivity contribution in [2.24, 2.45) is 11.3 Å². The minimum Gasteiger partial charge on any atom is -0.490 e. The molecule has 1 aliphatic heterocycles. The molecule has 2 heterocycles. The van der Waals surface area contributed by atoms with Gasteiger partial charge in [0.05, 0.1) is 13.1 Å². The third-order valence-corrected chi connectivity index (χ3v) is 4.49. The molecule has 104 valence electrons. The summed E-state index contributed by atoms with van der Waals surface area (Å²) in [6, 6.07) is 2.09. The number of amides is 1. The molecule has 1 aliphatic carbocycles. The average molecular weight is 271 g/mol. The minimum atomic E-state index is -0.217. The normalized spacial score (nSPS) is 27.9. The van der Waals surface area contributed by atoms with Gasteiger partial charge in [0.1, 0.15) is 24.0 Å². The van der Waals surface area contributed by atoms with Crippen molar-refractivity contribution in [3.63, 3.8) is 0 Å². The summed E-state index contributed by atoms with van der Waals surface area (Å²) in [5, 5.41) is 9.08. The summed E-state index contributed by atoms with van der Waals surface area (Å²) in [5.74, 6) is 1.21. The Morgan fingerprint density at radius 2 is 2.35 bits per heavy atom. The van der Waals surface area contributed by atoms with Gasteiger partial charge in [0.15, 0.2) is 0 Å². The second-order valence-corrected chi connectivity index (χ2v) is 5.88. The predicted molar refractivity (Wildman–Crippen MR) is 71.8 cm³/mol. The Balaban J connectivity index is 1.87. The molecular formula is C15H17N3O2. The largest absolute Gasteiger partial charge is 0.490 e. The maximum absolute atomic E-state index is 12.6. The lowest BCUT2D eigenvalue weighted by Gasteiger charge is -2.23. The van der Waals surface area contributed by atoms with E-state index >= 15 is 0 Å². The molecule has 0 saturated heterocycles. The Hall–Kier alpha value is -2.09. The lowest BCUT2D eigenvalue weighted by Crippen LogP contribution is -2.37. The first kappa shape index (κ1) is 12.9. The number of ether oxygens (including phenoxy) is 1. The van der Waals surface area contributed by atoms with Gasteiger partial charge in [-0.15, -0.1) is 0 Å². The van der Waals surface area contributed by atoms with Crippen molar-refractivity contribution in [3.05, 3.63) is 23.5 Å². The van der Waals surface area contributed by atoms with E-state index in [0.717, 1.165) is 12.0 Å². The summed E-state index contributed by atoms with van der Waals surface area (Å²) in [6.45, 7) is 5.58. The molecule has 5 heteroatoms. The van der Waals surface area contributed by atoms with E-state index in [2.05, 4.69) is 18.0 Å². The van der Waals surface area contributed by atoms with Crippen molar-refractivity contribution in [2.75, 3.05) is 13.2 Å². The number of carbonyl (C=O) groups is 1. The van der Waals surface area contributed by atoms with Gasteiger partial charge in [-0.2, -0.15) is 5.26 Å². The van der Waals surface area contributed by atoms with Gasteiger partial charge in [-0.25, -0.2) is 0 Å². The number of pyridine rings is 1. The highest BCUT2D eigenvalue weighted by Gasteiger charge is 2.54. The van der Waals surface area contributed by atoms with Crippen LogP contribution in [0.4, 0.5) is 0 Å². The summed E-state index contributed by atoms with van der Waals surface area (Å²) in [4.78, 5) is 18.5.